The fourth-order valence-corrected chi connectivity index (χ4v) is 3.14. The van der Waals surface area contributed by atoms with Crippen LogP contribution in [0.15, 0.2) is 42.9 Å². The summed E-state index contributed by atoms with van der Waals surface area (Å²) in [6, 6.07) is 7.82. The number of pyridine rings is 1. The first kappa shape index (κ1) is 14.1. The zero-order chi connectivity index (χ0) is 15.6. The Hall–Kier alpha value is -2.54. The Labute approximate surface area is 133 Å². The minimum absolute atomic E-state index is 0.202. The van der Waals surface area contributed by atoms with Crippen molar-refractivity contribution in [1.29, 1.82) is 0 Å². The van der Waals surface area contributed by atoms with E-state index < -0.39 is 0 Å². The largest absolute Gasteiger partial charge is 0.393 e. The molecule has 118 valence electrons. The van der Waals surface area contributed by atoms with Crippen LogP contribution < -0.4 is 4.90 Å². The summed E-state index contributed by atoms with van der Waals surface area (Å²) in [4.78, 5) is 10.9. The maximum atomic E-state index is 9.80. The van der Waals surface area contributed by atoms with Crippen molar-refractivity contribution in [3.63, 3.8) is 0 Å². The lowest BCUT2D eigenvalue weighted by Gasteiger charge is -2.34. The molecule has 1 N–H and O–H groups in total. The van der Waals surface area contributed by atoms with Gasteiger partial charge in [0.25, 0.3) is 0 Å². The molecule has 3 heterocycles. The normalized spacial score (nSPS) is 21.4. The quantitative estimate of drug-likeness (QED) is 0.796. The van der Waals surface area contributed by atoms with Crippen molar-refractivity contribution in [2.45, 2.75) is 37.8 Å². The van der Waals surface area contributed by atoms with Gasteiger partial charge in [0.2, 0.25) is 11.9 Å². The number of aromatic nitrogens is 5. The lowest BCUT2D eigenvalue weighted by molar-refractivity contribution is 0.123. The van der Waals surface area contributed by atoms with Crippen LogP contribution in [0.1, 0.15) is 25.7 Å². The molecule has 4 rings (SSSR count). The topological polar surface area (TPSA) is 79.4 Å². The van der Waals surface area contributed by atoms with Gasteiger partial charge in [-0.15, -0.1) is 10.2 Å². The van der Waals surface area contributed by atoms with Gasteiger partial charge in [-0.25, -0.2) is 9.97 Å². The molecule has 0 saturated heterocycles. The zero-order valence-corrected chi connectivity index (χ0v) is 12.7. The maximum absolute atomic E-state index is 9.80. The standard InChI is InChI=1S/C16H18N6O/c23-13-7-5-12(6-8-13)22(15-17-9-3-10-18-15)16-20-19-14-4-1-2-11-21(14)16/h1-4,9-13,23H,5-8H2. The highest BCUT2D eigenvalue weighted by Gasteiger charge is 2.30. The molecule has 0 unspecified atom stereocenters. The number of aliphatic hydroxyl groups excluding tert-OH is 1. The van der Waals surface area contributed by atoms with Crippen molar-refractivity contribution < 1.29 is 5.11 Å². The molecular formula is C16H18N6O. The lowest BCUT2D eigenvalue weighted by Crippen LogP contribution is -2.38. The molecule has 0 spiro atoms. The maximum Gasteiger partial charge on any atom is 0.238 e. The molecule has 0 bridgehead atoms. The van der Waals surface area contributed by atoms with E-state index >= 15 is 0 Å². The number of anilines is 2. The van der Waals surface area contributed by atoms with Gasteiger partial charge < -0.3 is 5.11 Å². The highest BCUT2D eigenvalue weighted by atomic mass is 16.3. The molecule has 3 aromatic heterocycles. The van der Waals surface area contributed by atoms with E-state index in [2.05, 4.69) is 20.2 Å². The predicted molar refractivity (Wildman–Crippen MR) is 85.4 cm³/mol. The van der Waals surface area contributed by atoms with Gasteiger partial charge in [0, 0.05) is 24.6 Å². The SMILES string of the molecule is OC1CCC(N(c2ncccn2)c2nnc3ccccn23)CC1. The molecule has 7 nitrogen and oxygen atoms in total. The van der Waals surface area contributed by atoms with Gasteiger partial charge in [0.15, 0.2) is 5.65 Å². The van der Waals surface area contributed by atoms with E-state index in [-0.39, 0.29) is 12.1 Å². The van der Waals surface area contributed by atoms with Crippen LogP contribution in [0.2, 0.25) is 0 Å². The number of fused-ring (bicyclic) bond motifs is 1. The first-order chi connectivity index (χ1) is 11.3. The van der Waals surface area contributed by atoms with Crippen LogP contribution in [0.3, 0.4) is 0 Å². The van der Waals surface area contributed by atoms with Crippen molar-refractivity contribution in [2.75, 3.05) is 4.90 Å². The molecule has 0 aromatic carbocycles. The number of aliphatic hydroxyl groups is 1. The second kappa shape index (κ2) is 5.92. The molecule has 0 atom stereocenters. The summed E-state index contributed by atoms with van der Waals surface area (Å²) in [7, 11) is 0. The van der Waals surface area contributed by atoms with Gasteiger partial charge in [-0.3, -0.25) is 9.30 Å². The van der Waals surface area contributed by atoms with Gasteiger partial charge in [-0.2, -0.15) is 0 Å². The number of hydrogen-bond donors (Lipinski definition) is 1. The monoisotopic (exact) mass is 310 g/mol. The molecule has 7 heteroatoms. The van der Waals surface area contributed by atoms with Crippen molar-refractivity contribution in [1.82, 2.24) is 24.6 Å². The van der Waals surface area contributed by atoms with Gasteiger partial charge in [0.05, 0.1) is 6.10 Å². The number of hydrogen-bond acceptors (Lipinski definition) is 6. The summed E-state index contributed by atoms with van der Waals surface area (Å²) >= 11 is 0. The predicted octanol–water partition coefficient (Wildman–Crippen LogP) is 1.96. The van der Waals surface area contributed by atoms with Gasteiger partial charge in [-0.05, 0) is 43.9 Å². The average Bonchev–Trinajstić information content (AvgIpc) is 3.02. The van der Waals surface area contributed by atoms with E-state index in [0.717, 1.165) is 31.3 Å². The summed E-state index contributed by atoms with van der Waals surface area (Å²) in [6.07, 6.45) is 8.52. The van der Waals surface area contributed by atoms with Crippen molar-refractivity contribution in [3.05, 3.63) is 42.9 Å². The van der Waals surface area contributed by atoms with Crippen LogP contribution in [0.25, 0.3) is 5.65 Å². The molecule has 1 fully saturated rings. The molecule has 0 radical (unpaired) electrons. The molecule has 3 aromatic rings. The third kappa shape index (κ3) is 2.63. The zero-order valence-electron chi connectivity index (χ0n) is 12.7. The molecule has 0 aliphatic heterocycles. The van der Waals surface area contributed by atoms with Crippen molar-refractivity contribution >= 4 is 17.5 Å². The van der Waals surface area contributed by atoms with Crippen LogP contribution in [-0.4, -0.2) is 41.8 Å². The smallest absolute Gasteiger partial charge is 0.238 e. The van der Waals surface area contributed by atoms with Crippen LogP contribution in [0.4, 0.5) is 11.9 Å². The fourth-order valence-electron chi connectivity index (χ4n) is 3.14. The Morgan fingerprint density at radius 3 is 2.57 bits per heavy atom. The summed E-state index contributed by atoms with van der Waals surface area (Å²) < 4.78 is 1.95. The van der Waals surface area contributed by atoms with Crippen molar-refractivity contribution in [2.24, 2.45) is 0 Å². The van der Waals surface area contributed by atoms with E-state index in [0.29, 0.717) is 11.9 Å². The van der Waals surface area contributed by atoms with Crippen LogP contribution in [0, 0.1) is 0 Å². The minimum atomic E-state index is -0.208. The summed E-state index contributed by atoms with van der Waals surface area (Å²) in [5, 5.41) is 18.4. The third-order valence-corrected chi connectivity index (χ3v) is 4.31. The summed E-state index contributed by atoms with van der Waals surface area (Å²) in [5.74, 6) is 1.33. The molecule has 1 aliphatic rings. The van der Waals surface area contributed by atoms with Crippen LogP contribution >= 0.6 is 0 Å². The van der Waals surface area contributed by atoms with Crippen LogP contribution in [0.5, 0.6) is 0 Å². The number of rotatable bonds is 3. The average molecular weight is 310 g/mol. The molecule has 0 amide bonds. The summed E-state index contributed by atoms with van der Waals surface area (Å²) in [6.45, 7) is 0. The van der Waals surface area contributed by atoms with Crippen LogP contribution in [-0.2, 0) is 0 Å². The van der Waals surface area contributed by atoms with E-state index in [1.807, 2.05) is 33.7 Å². The number of nitrogens with zero attached hydrogens (tertiary/aromatic N) is 6. The molecule has 23 heavy (non-hydrogen) atoms. The van der Waals surface area contributed by atoms with Gasteiger partial charge >= 0.3 is 0 Å². The Morgan fingerprint density at radius 1 is 1.00 bits per heavy atom. The highest BCUT2D eigenvalue weighted by molar-refractivity contribution is 5.54. The second-order valence-electron chi connectivity index (χ2n) is 5.81. The first-order valence-electron chi connectivity index (χ1n) is 7.87. The van der Waals surface area contributed by atoms with E-state index in [1.54, 1.807) is 18.5 Å². The van der Waals surface area contributed by atoms with Crippen molar-refractivity contribution in [3.8, 4) is 0 Å². The Kier molecular flexibility index (Phi) is 3.63. The Bertz CT molecular complexity index is 781. The molecule has 1 aliphatic carbocycles. The molecular weight excluding hydrogens is 292 g/mol. The van der Waals surface area contributed by atoms with E-state index in [4.69, 9.17) is 0 Å². The second-order valence-corrected chi connectivity index (χ2v) is 5.81. The van der Waals surface area contributed by atoms with Gasteiger partial charge in [0.1, 0.15) is 0 Å². The Balaban J connectivity index is 1.79. The fraction of sp³-hybridized carbons (Fsp3) is 0.375. The summed E-state index contributed by atoms with van der Waals surface area (Å²) in [5.41, 5.74) is 0.791. The molecule has 1 saturated carbocycles. The highest BCUT2D eigenvalue weighted by Crippen LogP contribution is 2.31. The van der Waals surface area contributed by atoms with E-state index in [1.165, 1.54) is 0 Å². The minimum Gasteiger partial charge on any atom is -0.393 e. The van der Waals surface area contributed by atoms with Gasteiger partial charge in [-0.1, -0.05) is 6.07 Å². The Morgan fingerprint density at radius 2 is 1.78 bits per heavy atom. The van der Waals surface area contributed by atoms with E-state index in [9.17, 15) is 5.11 Å². The first-order valence-corrected chi connectivity index (χ1v) is 7.87. The third-order valence-electron chi connectivity index (χ3n) is 4.31. The lowest BCUT2D eigenvalue weighted by atomic mass is 9.92.